The Morgan fingerprint density at radius 2 is 1.92 bits per heavy atom. The average molecular weight is 323 g/mol. The summed E-state index contributed by atoms with van der Waals surface area (Å²) < 4.78 is 0. The summed E-state index contributed by atoms with van der Waals surface area (Å²) in [6, 6.07) is 13.1. The summed E-state index contributed by atoms with van der Waals surface area (Å²) in [6.45, 7) is 5.37. The maximum atomic E-state index is 13.0. The molecule has 0 spiro atoms. The van der Waals surface area contributed by atoms with E-state index in [2.05, 4.69) is 11.8 Å². The number of nitrogens with zero attached hydrogens (tertiary/aromatic N) is 1. The largest absolute Gasteiger partial charge is 0.481 e. The molecule has 24 heavy (non-hydrogen) atoms. The van der Waals surface area contributed by atoms with Crippen LogP contribution in [0.3, 0.4) is 0 Å². The van der Waals surface area contributed by atoms with Crippen LogP contribution in [0, 0.1) is 0 Å². The number of anilines is 1. The van der Waals surface area contributed by atoms with Gasteiger partial charge < -0.3 is 10.0 Å². The molecular formula is C20H21NO3. The van der Waals surface area contributed by atoms with Crippen LogP contribution in [0.5, 0.6) is 0 Å². The van der Waals surface area contributed by atoms with Crippen LogP contribution in [0.15, 0.2) is 42.5 Å². The molecule has 1 atom stereocenters. The Kier molecular flexibility index (Phi) is 4.38. The molecule has 1 N–H and O–H groups in total. The fourth-order valence-electron chi connectivity index (χ4n) is 3.38. The normalized spacial score (nSPS) is 14.6. The molecule has 0 saturated heterocycles. The molecule has 0 aliphatic carbocycles. The predicted molar refractivity (Wildman–Crippen MR) is 93.7 cm³/mol. The van der Waals surface area contributed by atoms with Gasteiger partial charge in [0.15, 0.2) is 5.78 Å². The minimum atomic E-state index is -0.855. The van der Waals surface area contributed by atoms with Crippen LogP contribution in [-0.4, -0.2) is 23.4 Å². The summed E-state index contributed by atoms with van der Waals surface area (Å²) in [7, 11) is 0. The molecule has 4 heteroatoms. The van der Waals surface area contributed by atoms with E-state index in [1.54, 1.807) is 6.07 Å². The lowest BCUT2D eigenvalue weighted by atomic mass is 9.91. The zero-order valence-electron chi connectivity index (χ0n) is 14.0. The number of benzene rings is 2. The van der Waals surface area contributed by atoms with Crippen LogP contribution in [-0.2, 0) is 11.3 Å². The number of hydrogen-bond donors (Lipinski definition) is 1. The summed E-state index contributed by atoms with van der Waals surface area (Å²) >= 11 is 0. The summed E-state index contributed by atoms with van der Waals surface area (Å²) in [5, 5.41) is 9.41. The third kappa shape index (κ3) is 2.68. The number of hydrogen-bond acceptors (Lipinski definition) is 3. The van der Waals surface area contributed by atoms with Crippen LogP contribution >= 0.6 is 0 Å². The molecule has 0 saturated carbocycles. The van der Waals surface area contributed by atoms with Crippen LogP contribution in [0.25, 0.3) is 0 Å². The minimum absolute atomic E-state index is 0.0290. The zero-order valence-corrected chi connectivity index (χ0v) is 14.0. The van der Waals surface area contributed by atoms with Crippen LogP contribution in [0.4, 0.5) is 5.69 Å². The monoisotopic (exact) mass is 323 g/mol. The molecule has 4 nitrogen and oxygen atoms in total. The zero-order chi connectivity index (χ0) is 17.3. The molecule has 0 fully saturated rings. The first-order valence-corrected chi connectivity index (χ1v) is 8.31. The number of ketones is 1. The maximum Gasteiger partial charge on any atom is 0.310 e. The van der Waals surface area contributed by atoms with E-state index in [-0.39, 0.29) is 5.78 Å². The molecule has 0 aromatic heterocycles. The molecule has 0 amide bonds. The van der Waals surface area contributed by atoms with Crippen molar-refractivity contribution in [2.45, 2.75) is 32.7 Å². The van der Waals surface area contributed by atoms with Gasteiger partial charge in [-0.25, -0.2) is 0 Å². The SMILES string of the molecule is CCC(C(=O)O)c1ccc2c(c1)C(=O)c1ccccc1CN2CC. The molecule has 2 aromatic rings. The number of carboxylic acids is 1. The van der Waals surface area contributed by atoms with E-state index in [1.807, 2.05) is 43.3 Å². The number of aliphatic carboxylic acids is 1. The Balaban J connectivity index is 2.17. The standard InChI is InChI=1S/C20H21NO3/c1-3-15(20(23)24)13-9-10-18-17(11-13)19(22)16-8-6-5-7-14(16)12-21(18)4-2/h5-11,15H,3-4,12H2,1-2H3,(H,23,24). The molecule has 1 heterocycles. The van der Waals surface area contributed by atoms with Gasteiger partial charge in [0, 0.05) is 29.9 Å². The Morgan fingerprint density at radius 3 is 2.58 bits per heavy atom. The van der Waals surface area contributed by atoms with Gasteiger partial charge in [-0.05, 0) is 36.6 Å². The Morgan fingerprint density at radius 1 is 1.17 bits per heavy atom. The highest BCUT2D eigenvalue weighted by Crippen LogP contribution is 2.33. The number of fused-ring (bicyclic) bond motifs is 2. The summed E-state index contributed by atoms with van der Waals surface area (Å²) in [5.74, 6) is -1.47. The molecule has 1 aliphatic heterocycles. The molecule has 3 rings (SSSR count). The van der Waals surface area contributed by atoms with Gasteiger partial charge in [0.25, 0.3) is 0 Å². The highest BCUT2D eigenvalue weighted by Gasteiger charge is 2.27. The van der Waals surface area contributed by atoms with Gasteiger partial charge in [-0.2, -0.15) is 0 Å². The third-order valence-corrected chi connectivity index (χ3v) is 4.72. The number of carbonyl (C=O) groups is 2. The molecule has 1 unspecified atom stereocenters. The van der Waals surface area contributed by atoms with E-state index in [1.165, 1.54) is 0 Å². The Hall–Kier alpha value is -2.62. The van der Waals surface area contributed by atoms with Gasteiger partial charge in [0.05, 0.1) is 5.92 Å². The van der Waals surface area contributed by atoms with Gasteiger partial charge in [0.1, 0.15) is 0 Å². The highest BCUT2D eigenvalue weighted by atomic mass is 16.4. The number of rotatable bonds is 4. The second-order valence-electron chi connectivity index (χ2n) is 6.08. The van der Waals surface area contributed by atoms with Crippen molar-refractivity contribution in [2.24, 2.45) is 0 Å². The lowest BCUT2D eigenvalue weighted by Crippen LogP contribution is -2.22. The molecule has 2 aromatic carbocycles. The van der Waals surface area contributed by atoms with E-state index in [9.17, 15) is 14.7 Å². The molecule has 124 valence electrons. The first-order chi connectivity index (χ1) is 11.6. The van der Waals surface area contributed by atoms with Crippen LogP contribution < -0.4 is 4.90 Å². The van der Waals surface area contributed by atoms with Crippen molar-refractivity contribution in [3.8, 4) is 0 Å². The van der Waals surface area contributed by atoms with E-state index in [4.69, 9.17) is 0 Å². The fraction of sp³-hybridized carbons (Fsp3) is 0.300. The molecule has 1 aliphatic rings. The quantitative estimate of drug-likeness (QED) is 0.929. The smallest absolute Gasteiger partial charge is 0.310 e. The molecular weight excluding hydrogens is 302 g/mol. The van der Waals surface area contributed by atoms with Crippen molar-refractivity contribution < 1.29 is 14.7 Å². The van der Waals surface area contributed by atoms with Crippen molar-refractivity contribution in [2.75, 3.05) is 11.4 Å². The van der Waals surface area contributed by atoms with E-state index in [0.717, 1.165) is 17.8 Å². The summed E-state index contributed by atoms with van der Waals surface area (Å²) in [5.41, 5.74) is 3.87. The van der Waals surface area contributed by atoms with Crippen molar-refractivity contribution in [1.29, 1.82) is 0 Å². The fourth-order valence-corrected chi connectivity index (χ4v) is 3.38. The third-order valence-electron chi connectivity index (χ3n) is 4.72. The van der Waals surface area contributed by atoms with Gasteiger partial charge >= 0.3 is 5.97 Å². The first kappa shape index (κ1) is 16.2. The summed E-state index contributed by atoms with van der Waals surface area (Å²) in [4.78, 5) is 26.7. The Bertz CT molecular complexity index is 797. The molecule has 0 radical (unpaired) electrons. The van der Waals surface area contributed by atoms with Crippen molar-refractivity contribution in [3.05, 3.63) is 64.7 Å². The van der Waals surface area contributed by atoms with Crippen LogP contribution in [0.1, 0.15) is 53.2 Å². The van der Waals surface area contributed by atoms with E-state index in [0.29, 0.717) is 29.7 Å². The van der Waals surface area contributed by atoms with E-state index < -0.39 is 11.9 Å². The summed E-state index contributed by atoms with van der Waals surface area (Å²) in [6.07, 6.45) is 0.496. The first-order valence-electron chi connectivity index (χ1n) is 8.31. The minimum Gasteiger partial charge on any atom is -0.481 e. The second-order valence-corrected chi connectivity index (χ2v) is 6.08. The van der Waals surface area contributed by atoms with Crippen molar-refractivity contribution >= 4 is 17.4 Å². The predicted octanol–water partition coefficient (Wildman–Crippen LogP) is 3.84. The maximum absolute atomic E-state index is 13.0. The van der Waals surface area contributed by atoms with E-state index >= 15 is 0 Å². The lowest BCUT2D eigenvalue weighted by molar-refractivity contribution is -0.138. The van der Waals surface area contributed by atoms with Crippen LogP contribution in [0.2, 0.25) is 0 Å². The van der Waals surface area contributed by atoms with Gasteiger partial charge in [-0.3, -0.25) is 9.59 Å². The lowest BCUT2D eigenvalue weighted by Gasteiger charge is -2.24. The van der Waals surface area contributed by atoms with Gasteiger partial charge in [-0.15, -0.1) is 0 Å². The average Bonchev–Trinajstić information content (AvgIpc) is 2.70. The second kappa shape index (κ2) is 6.48. The van der Waals surface area contributed by atoms with Gasteiger partial charge in [0.2, 0.25) is 0 Å². The topological polar surface area (TPSA) is 57.6 Å². The van der Waals surface area contributed by atoms with Gasteiger partial charge in [-0.1, -0.05) is 37.3 Å². The highest BCUT2D eigenvalue weighted by molar-refractivity contribution is 6.14. The Labute approximate surface area is 141 Å². The van der Waals surface area contributed by atoms with Crippen molar-refractivity contribution in [3.63, 3.8) is 0 Å². The molecule has 0 bridgehead atoms. The number of carbonyl (C=O) groups excluding carboxylic acids is 1. The van der Waals surface area contributed by atoms with Crippen molar-refractivity contribution in [1.82, 2.24) is 0 Å². The number of carboxylic acid groups (broad SMARTS) is 1.